The summed E-state index contributed by atoms with van der Waals surface area (Å²) in [5, 5.41) is 6.58. The average molecular weight is 391 g/mol. The second-order valence-corrected chi connectivity index (χ2v) is 7.44. The van der Waals surface area contributed by atoms with Crippen LogP contribution in [-0.4, -0.2) is 75.4 Å². The van der Waals surface area contributed by atoms with Crippen molar-refractivity contribution in [1.29, 1.82) is 0 Å². The van der Waals surface area contributed by atoms with Gasteiger partial charge < -0.3 is 25.0 Å². The highest BCUT2D eigenvalue weighted by atomic mass is 16.5. The Labute approximate surface area is 168 Å². The van der Waals surface area contributed by atoms with Crippen molar-refractivity contribution >= 4 is 11.9 Å². The van der Waals surface area contributed by atoms with Gasteiger partial charge in [-0.3, -0.25) is 9.79 Å². The average Bonchev–Trinajstić information content (AvgIpc) is 2.73. The van der Waals surface area contributed by atoms with Gasteiger partial charge in [-0.1, -0.05) is 30.3 Å². The van der Waals surface area contributed by atoms with E-state index in [-0.39, 0.29) is 17.4 Å². The zero-order valence-corrected chi connectivity index (χ0v) is 17.5. The second-order valence-electron chi connectivity index (χ2n) is 7.44. The molecule has 0 radical (unpaired) electrons. The van der Waals surface area contributed by atoms with Crippen LogP contribution in [0.2, 0.25) is 0 Å². The quantitative estimate of drug-likeness (QED) is 0.521. The number of ether oxygens (including phenoxy) is 2. The Morgan fingerprint density at radius 2 is 1.93 bits per heavy atom. The van der Waals surface area contributed by atoms with E-state index in [9.17, 15) is 4.79 Å². The van der Waals surface area contributed by atoms with E-state index in [0.717, 1.165) is 12.1 Å². The fourth-order valence-corrected chi connectivity index (χ4v) is 2.91. The molecule has 1 aromatic carbocycles. The van der Waals surface area contributed by atoms with Gasteiger partial charge in [0.2, 0.25) is 5.91 Å². The SMILES string of the molecule is CCNC(=NCC(C)(C)OC)NCC(C(=O)N1CCOCC1)c1ccccc1. The highest BCUT2D eigenvalue weighted by Gasteiger charge is 2.27. The van der Waals surface area contributed by atoms with E-state index in [1.165, 1.54) is 0 Å². The first-order valence-corrected chi connectivity index (χ1v) is 9.95. The van der Waals surface area contributed by atoms with Crippen molar-refractivity contribution in [3.63, 3.8) is 0 Å². The summed E-state index contributed by atoms with van der Waals surface area (Å²) in [6, 6.07) is 9.90. The third-order valence-corrected chi connectivity index (χ3v) is 4.81. The van der Waals surface area contributed by atoms with Crippen molar-refractivity contribution in [3.8, 4) is 0 Å². The zero-order valence-electron chi connectivity index (χ0n) is 17.5. The standard InChI is InChI=1S/C21H34N4O3/c1-5-22-20(24-16-21(2,3)27-4)23-15-18(17-9-7-6-8-10-17)19(26)25-11-13-28-14-12-25/h6-10,18H,5,11-16H2,1-4H3,(H2,22,23,24). The Bertz CT molecular complexity index is 628. The van der Waals surface area contributed by atoms with Crippen LogP contribution in [-0.2, 0) is 14.3 Å². The van der Waals surface area contributed by atoms with Crippen LogP contribution in [0.4, 0.5) is 0 Å². The van der Waals surface area contributed by atoms with Crippen molar-refractivity contribution in [1.82, 2.24) is 15.5 Å². The molecule has 0 bridgehead atoms. The molecule has 0 aromatic heterocycles. The molecule has 1 atom stereocenters. The molecule has 7 heteroatoms. The van der Waals surface area contributed by atoms with Gasteiger partial charge in [-0.05, 0) is 26.3 Å². The maximum atomic E-state index is 13.2. The number of rotatable bonds is 8. The number of carbonyl (C=O) groups excluding carboxylic acids is 1. The van der Waals surface area contributed by atoms with Crippen LogP contribution in [0.15, 0.2) is 35.3 Å². The van der Waals surface area contributed by atoms with E-state index in [0.29, 0.717) is 45.4 Å². The van der Waals surface area contributed by atoms with Gasteiger partial charge in [0, 0.05) is 33.3 Å². The monoisotopic (exact) mass is 390 g/mol. The van der Waals surface area contributed by atoms with Crippen molar-refractivity contribution in [3.05, 3.63) is 35.9 Å². The van der Waals surface area contributed by atoms with E-state index in [2.05, 4.69) is 15.6 Å². The highest BCUT2D eigenvalue weighted by molar-refractivity contribution is 5.86. The fraction of sp³-hybridized carbons (Fsp3) is 0.619. The van der Waals surface area contributed by atoms with E-state index >= 15 is 0 Å². The largest absolute Gasteiger partial charge is 0.378 e. The molecule has 0 saturated carbocycles. The van der Waals surface area contributed by atoms with Crippen molar-refractivity contribution in [2.24, 2.45) is 4.99 Å². The summed E-state index contributed by atoms with van der Waals surface area (Å²) in [6.07, 6.45) is 0. The van der Waals surface area contributed by atoms with Crippen LogP contribution in [0.25, 0.3) is 0 Å². The summed E-state index contributed by atoms with van der Waals surface area (Å²) in [6.45, 7) is 10.2. The summed E-state index contributed by atoms with van der Waals surface area (Å²) in [7, 11) is 1.68. The number of amides is 1. The number of morpholine rings is 1. The lowest BCUT2D eigenvalue weighted by Crippen LogP contribution is -2.47. The molecule has 0 spiro atoms. The molecule has 2 rings (SSSR count). The number of guanidine groups is 1. The van der Waals surface area contributed by atoms with Crippen LogP contribution in [0, 0.1) is 0 Å². The number of hydrogen-bond acceptors (Lipinski definition) is 4. The van der Waals surface area contributed by atoms with Gasteiger partial charge in [0.05, 0.1) is 31.3 Å². The maximum absolute atomic E-state index is 13.2. The van der Waals surface area contributed by atoms with Crippen molar-refractivity contribution in [2.75, 3.05) is 53.0 Å². The third kappa shape index (κ3) is 6.80. The Hall–Kier alpha value is -2.12. The van der Waals surface area contributed by atoms with Crippen LogP contribution >= 0.6 is 0 Å². The lowest BCUT2D eigenvalue weighted by Gasteiger charge is -2.31. The first kappa shape index (κ1) is 22.2. The Morgan fingerprint density at radius 1 is 1.25 bits per heavy atom. The zero-order chi connectivity index (χ0) is 20.4. The minimum atomic E-state index is -0.342. The number of benzene rings is 1. The molecule has 1 amide bonds. The van der Waals surface area contributed by atoms with Gasteiger partial charge >= 0.3 is 0 Å². The van der Waals surface area contributed by atoms with Gasteiger partial charge in [0.1, 0.15) is 0 Å². The van der Waals surface area contributed by atoms with Crippen LogP contribution in [0.5, 0.6) is 0 Å². The Kier molecular flexibility index (Phi) is 8.73. The van der Waals surface area contributed by atoms with Crippen LogP contribution in [0.1, 0.15) is 32.3 Å². The van der Waals surface area contributed by atoms with E-state index in [4.69, 9.17) is 9.47 Å². The fourth-order valence-electron chi connectivity index (χ4n) is 2.91. The van der Waals surface area contributed by atoms with Gasteiger partial charge in [-0.15, -0.1) is 0 Å². The van der Waals surface area contributed by atoms with Gasteiger partial charge in [-0.25, -0.2) is 0 Å². The molecule has 2 N–H and O–H groups in total. The first-order chi connectivity index (χ1) is 13.5. The topological polar surface area (TPSA) is 75.2 Å². The van der Waals surface area contributed by atoms with Gasteiger partial charge in [0.15, 0.2) is 5.96 Å². The molecule has 1 fully saturated rings. The molecule has 28 heavy (non-hydrogen) atoms. The first-order valence-electron chi connectivity index (χ1n) is 9.95. The lowest BCUT2D eigenvalue weighted by atomic mass is 9.97. The predicted molar refractivity (Wildman–Crippen MR) is 112 cm³/mol. The molecule has 1 heterocycles. The van der Waals surface area contributed by atoms with Crippen molar-refractivity contribution < 1.29 is 14.3 Å². The molecule has 1 aliphatic rings. The highest BCUT2D eigenvalue weighted by Crippen LogP contribution is 2.19. The van der Waals surface area contributed by atoms with Crippen molar-refractivity contribution in [2.45, 2.75) is 32.3 Å². The van der Waals surface area contributed by atoms with E-state index in [1.54, 1.807) is 7.11 Å². The molecule has 0 aliphatic carbocycles. The molecular formula is C21H34N4O3. The summed E-state index contributed by atoms with van der Waals surface area (Å²) in [4.78, 5) is 19.7. The number of hydrogen-bond donors (Lipinski definition) is 2. The molecular weight excluding hydrogens is 356 g/mol. The van der Waals surface area contributed by atoms with Gasteiger partial charge in [-0.2, -0.15) is 0 Å². The molecule has 1 unspecified atom stereocenters. The van der Waals surface area contributed by atoms with Crippen LogP contribution in [0.3, 0.4) is 0 Å². The Balaban J connectivity index is 2.12. The minimum absolute atomic E-state index is 0.120. The van der Waals surface area contributed by atoms with E-state index < -0.39 is 0 Å². The number of carbonyl (C=O) groups is 1. The second kappa shape index (κ2) is 11.0. The lowest BCUT2D eigenvalue weighted by molar-refractivity contribution is -0.136. The summed E-state index contributed by atoms with van der Waals surface area (Å²) < 4.78 is 10.8. The summed E-state index contributed by atoms with van der Waals surface area (Å²) in [5.74, 6) is 0.525. The number of aliphatic imine (C=N–C) groups is 1. The molecule has 1 saturated heterocycles. The van der Waals surface area contributed by atoms with Crippen LogP contribution < -0.4 is 10.6 Å². The van der Waals surface area contributed by atoms with E-state index in [1.807, 2.05) is 56.0 Å². The van der Waals surface area contributed by atoms with Gasteiger partial charge in [0.25, 0.3) is 0 Å². The molecule has 1 aromatic rings. The molecule has 1 aliphatic heterocycles. The smallest absolute Gasteiger partial charge is 0.232 e. The molecule has 156 valence electrons. The third-order valence-electron chi connectivity index (χ3n) is 4.81. The molecule has 7 nitrogen and oxygen atoms in total. The summed E-state index contributed by atoms with van der Waals surface area (Å²) >= 11 is 0. The predicted octanol–water partition coefficient (Wildman–Crippen LogP) is 1.61. The minimum Gasteiger partial charge on any atom is -0.378 e. The number of nitrogens with zero attached hydrogens (tertiary/aromatic N) is 2. The number of nitrogens with one attached hydrogen (secondary N) is 2. The Morgan fingerprint density at radius 3 is 2.54 bits per heavy atom. The maximum Gasteiger partial charge on any atom is 0.232 e. The number of methoxy groups -OCH3 is 1. The normalized spacial score (nSPS) is 16.6. The summed E-state index contributed by atoms with van der Waals surface area (Å²) in [5.41, 5.74) is 0.657.